The molecule has 1 saturated heterocycles. The third-order valence-electron chi connectivity index (χ3n) is 4.19. The number of likely N-dealkylation sites (N-methyl/N-ethyl adjacent to an activating group) is 1. The second-order valence-electron chi connectivity index (χ2n) is 6.72. The van der Waals surface area contributed by atoms with Gasteiger partial charge in [-0.3, -0.25) is 9.59 Å². The number of nitrogens with zero attached hydrogens (tertiary/aromatic N) is 1. The molecule has 0 aliphatic carbocycles. The minimum absolute atomic E-state index is 0.0565. The molecular formula is C18H26ClN3O2. The Kier molecular flexibility index (Phi) is 6.63. The molecule has 132 valence electrons. The quantitative estimate of drug-likeness (QED) is 0.856. The molecule has 1 aromatic rings. The molecule has 6 heteroatoms. The van der Waals surface area contributed by atoms with Crippen LogP contribution >= 0.6 is 11.6 Å². The molecule has 0 spiro atoms. The van der Waals surface area contributed by atoms with E-state index in [1.54, 1.807) is 18.2 Å². The van der Waals surface area contributed by atoms with Gasteiger partial charge in [0.15, 0.2) is 0 Å². The van der Waals surface area contributed by atoms with Crippen molar-refractivity contribution in [3.05, 3.63) is 28.8 Å². The summed E-state index contributed by atoms with van der Waals surface area (Å²) in [7, 11) is 1.91. The van der Waals surface area contributed by atoms with Crippen molar-refractivity contribution in [1.29, 1.82) is 0 Å². The fourth-order valence-corrected chi connectivity index (χ4v) is 3.12. The van der Waals surface area contributed by atoms with E-state index in [4.69, 9.17) is 11.6 Å². The number of carbonyl (C=O) groups is 2. The van der Waals surface area contributed by atoms with Crippen LogP contribution in [0.4, 0.5) is 5.69 Å². The van der Waals surface area contributed by atoms with Gasteiger partial charge in [0.1, 0.15) is 0 Å². The molecular weight excluding hydrogens is 326 g/mol. The van der Waals surface area contributed by atoms with Gasteiger partial charge in [0.25, 0.3) is 5.91 Å². The Bertz CT molecular complexity index is 604. The van der Waals surface area contributed by atoms with E-state index in [2.05, 4.69) is 10.6 Å². The Morgan fingerprint density at radius 1 is 1.38 bits per heavy atom. The van der Waals surface area contributed by atoms with Gasteiger partial charge in [0, 0.05) is 31.2 Å². The van der Waals surface area contributed by atoms with Gasteiger partial charge < -0.3 is 15.5 Å². The first-order chi connectivity index (χ1) is 11.4. The summed E-state index contributed by atoms with van der Waals surface area (Å²) in [6, 6.07) is 5.38. The first-order valence-electron chi connectivity index (χ1n) is 8.46. The topological polar surface area (TPSA) is 61.4 Å². The minimum Gasteiger partial charge on any atom is -0.337 e. The highest BCUT2D eigenvalue weighted by Gasteiger charge is 2.25. The molecule has 1 atom stereocenters. The zero-order valence-electron chi connectivity index (χ0n) is 14.6. The van der Waals surface area contributed by atoms with Gasteiger partial charge in [-0.25, -0.2) is 0 Å². The van der Waals surface area contributed by atoms with E-state index < -0.39 is 0 Å². The summed E-state index contributed by atoms with van der Waals surface area (Å²) in [5, 5.41) is 6.48. The lowest BCUT2D eigenvalue weighted by atomic mass is 10.0. The standard InChI is InChI=1S/C18H26ClN3O2/c1-12(2)9-17(23)21-13-6-7-16(19)15(10-13)18(24)22-8-4-5-14(11-22)20-3/h6-7,10,12,14,20H,4-5,8-9,11H2,1-3H3,(H,21,23). The van der Waals surface area contributed by atoms with Gasteiger partial charge in [-0.05, 0) is 44.0 Å². The Labute approximate surface area is 148 Å². The molecule has 2 N–H and O–H groups in total. The van der Waals surface area contributed by atoms with Gasteiger partial charge in [0.05, 0.1) is 10.6 Å². The molecule has 1 heterocycles. The van der Waals surface area contributed by atoms with Crippen LogP contribution in [0.25, 0.3) is 0 Å². The van der Waals surface area contributed by atoms with E-state index in [1.165, 1.54) is 0 Å². The van der Waals surface area contributed by atoms with Crippen LogP contribution in [-0.2, 0) is 4.79 Å². The maximum Gasteiger partial charge on any atom is 0.255 e. The molecule has 1 fully saturated rings. The summed E-state index contributed by atoms with van der Waals surface area (Å²) in [6.07, 6.45) is 2.49. The number of piperidine rings is 1. The fraction of sp³-hybridized carbons (Fsp3) is 0.556. The number of amides is 2. The number of nitrogens with one attached hydrogen (secondary N) is 2. The van der Waals surface area contributed by atoms with Gasteiger partial charge in [-0.2, -0.15) is 0 Å². The Hall–Kier alpha value is -1.59. The lowest BCUT2D eigenvalue weighted by Crippen LogP contribution is -2.47. The van der Waals surface area contributed by atoms with Crippen LogP contribution in [-0.4, -0.2) is 42.9 Å². The molecule has 24 heavy (non-hydrogen) atoms. The van der Waals surface area contributed by atoms with Gasteiger partial charge in [-0.15, -0.1) is 0 Å². The third-order valence-corrected chi connectivity index (χ3v) is 4.52. The van der Waals surface area contributed by atoms with Crippen LogP contribution in [0.5, 0.6) is 0 Å². The van der Waals surface area contributed by atoms with Crippen LogP contribution in [0.3, 0.4) is 0 Å². The summed E-state index contributed by atoms with van der Waals surface area (Å²) in [6.45, 7) is 5.39. The minimum atomic E-state index is -0.0834. The van der Waals surface area contributed by atoms with Crippen molar-refractivity contribution >= 4 is 29.1 Å². The lowest BCUT2D eigenvalue weighted by Gasteiger charge is -2.32. The molecule has 1 aliphatic heterocycles. The zero-order chi connectivity index (χ0) is 17.7. The lowest BCUT2D eigenvalue weighted by molar-refractivity contribution is -0.116. The first-order valence-corrected chi connectivity index (χ1v) is 8.84. The predicted molar refractivity (Wildman–Crippen MR) is 97.5 cm³/mol. The van der Waals surface area contributed by atoms with E-state index in [0.717, 1.165) is 19.4 Å². The molecule has 0 bridgehead atoms. The Morgan fingerprint density at radius 2 is 2.12 bits per heavy atom. The highest BCUT2D eigenvalue weighted by Crippen LogP contribution is 2.24. The van der Waals surface area contributed by atoms with Crippen molar-refractivity contribution in [2.24, 2.45) is 5.92 Å². The normalized spacial score (nSPS) is 17.9. The number of anilines is 1. The second-order valence-corrected chi connectivity index (χ2v) is 7.13. The average Bonchev–Trinajstić information content (AvgIpc) is 2.55. The molecule has 1 aromatic carbocycles. The maximum atomic E-state index is 12.8. The molecule has 2 amide bonds. The summed E-state index contributed by atoms with van der Waals surface area (Å²) in [4.78, 5) is 26.5. The summed E-state index contributed by atoms with van der Waals surface area (Å²) in [5.41, 5.74) is 1.05. The maximum absolute atomic E-state index is 12.8. The van der Waals surface area contributed by atoms with Crippen LogP contribution < -0.4 is 10.6 Å². The van der Waals surface area contributed by atoms with Gasteiger partial charge in [-0.1, -0.05) is 25.4 Å². The van der Waals surface area contributed by atoms with Crippen molar-refractivity contribution < 1.29 is 9.59 Å². The monoisotopic (exact) mass is 351 g/mol. The number of likely N-dealkylation sites (tertiary alicyclic amines) is 1. The van der Waals surface area contributed by atoms with Crippen LogP contribution in [0.2, 0.25) is 5.02 Å². The van der Waals surface area contributed by atoms with Gasteiger partial charge in [0.2, 0.25) is 5.91 Å². The van der Waals surface area contributed by atoms with Crippen molar-refractivity contribution in [2.75, 3.05) is 25.5 Å². The van der Waals surface area contributed by atoms with E-state index in [9.17, 15) is 9.59 Å². The number of rotatable bonds is 5. The molecule has 1 aliphatic rings. The van der Waals surface area contributed by atoms with Crippen molar-refractivity contribution in [3.8, 4) is 0 Å². The van der Waals surface area contributed by atoms with Crippen molar-refractivity contribution in [1.82, 2.24) is 10.2 Å². The average molecular weight is 352 g/mol. The molecule has 1 unspecified atom stereocenters. The highest BCUT2D eigenvalue weighted by atomic mass is 35.5. The highest BCUT2D eigenvalue weighted by molar-refractivity contribution is 6.34. The Morgan fingerprint density at radius 3 is 2.79 bits per heavy atom. The van der Waals surface area contributed by atoms with E-state index in [0.29, 0.717) is 35.3 Å². The molecule has 5 nitrogen and oxygen atoms in total. The largest absolute Gasteiger partial charge is 0.337 e. The van der Waals surface area contributed by atoms with Crippen LogP contribution in [0, 0.1) is 5.92 Å². The fourth-order valence-electron chi connectivity index (χ4n) is 2.92. The number of halogens is 1. The Balaban J connectivity index is 2.12. The molecule has 0 radical (unpaired) electrons. The van der Waals surface area contributed by atoms with Crippen molar-refractivity contribution in [3.63, 3.8) is 0 Å². The number of benzene rings is 1. The van der Waals surface area contributed by atoms with Crippen molar-refractivity contribution in [2.45, 2.75) is 39.2 Å². The molecule has 0 saturated carbocycles. The summed E-state index contributed by atoms with van der Waals surface area (Å²) in [5.74, 6) is 0.143. The smallest absolute Gasteiger partial charge is 0.255 e. The van der Waals surface area contributed by atoms with E-state index >= 15 is 0 Å². The first kappa shape index (κ1) is 18.7. The summed E-state index contributed by atoms with van der Waals surface area (Å²) < 4.78 is 0. The van der Waals surface area contributed by atoms with Gasteiger partial charge >= 0.3 is 0 Å². The second kappa shape index (κ2) is 8.49. The zero-order valence-corrected chi connectivity index (χ0v) is 15.3. The number of carbonyl (C=O) groups excluding carboxylic acids is 2. The molecule has 2 rings (SSSR count). The van der Waals surface area contributed by atoms with Crippen LogP contribution in [0.15, 0.2) is 18.2 Å². The van der Waals surface area contributed by atoms with E-state index in [-0.39, 0.29) is 17.7 Å². The summed E-state index contributed by atoms with van der Waals surface area (Å²) >= 11 is 6.23. The number of hydrogen-bond donors (Lipinski definition) is 2. The molecule has 0 aromatic heterocycles. The third kappa shape index (κ3) is 4.95. The number of hydrogen-bond acceptors (Lipinski definition) is 3. The van der Waals surface area contributed by atoms with E-state index in [1.807, 2.05) is 25.8 Å². The SMILES string of the molecule is CNC1CCCN(C(=O)c2cc(NC(=O)CC(C)C)ccc2Cl)C1. The predicted octanol–water partition coefficient (Wildman–Crippen LogP) is 3.15. The van der Waals surface area contributed by atoms with Crippen LogP contribution in [0.1, 0.15) is 43.5 Å².